The molecule has 1 amide bonds. The number of anilines is 1. The van der Waals surface area contributed by atoms with Crippen molar-refractivity contribution in [3.05, 3.63) is 51.0 Å². The number of rotatable bonds is 3. The number of non-ortho nitro benzene ring substituents is 1. The van der Waals surface area contributed by atoms with Gasteiger partial charge in [0.15, 0.2) is 0 Å². The summed E-state index contributed by atoms with van der Waals surface area (Å²) in [5.74, 6) is -0.245. The van der Waals surface area contributed by atoms with E-state index in [0.717, 1.165) is 0 Å². The van der Waals surface area contributed by atoms with Gasteiger partial charge in [0.25, 0.3) is 11.6 Å². The standard InChI is InChI=1S/C11H9N3O3S/c1-13(11(15)10-6-18-7-12-10)8-2-4-9(5-3-8)14(16)17/h2-7H,1H3. The largest absolute Gasteiger partial charge is 0.310 e. The molecule has 0 radical (unpaired) electrons. The summed E-state index contributed by atoms with van der Waals surface area (Å²) in [6, 6.07) is 5.78. The summed E-state index contributed by atoms with van der Waals surface area (Å²) >= 11 is 1.34. The summed E-state index contributed by atoms with van der Waals surface area (Å²) in [7, 11) is 1.60. The van der Waals surface area contributed by atoms with Crippen molar-refractivity contribution in [2.75, 3.05) is 11.9 Å². The van der Waals surface area contributed by atoms with Gasteiger partial charge in [-0.25, -0.2) is 4.98 Å². The minimum atomic E-state index is -0.480. The number of benzene rings is 1. The van der Waals surface area contributed by atoms with E-state index in [4.69, 9.17) is 0 Å². The molecule has 0 atom stereocenters. The van der Waals surface area contributed by atoms with Crippen LogP contribution in [0.1, 0.15) is 10.5 Å². The highest BCUT2D eigenvalue weighted by atomic mass is 32.1. The topological polar surface area (TPSA) is 76.3 Å². The fraction of sp³-hybridized carbons (Fsp3) is 0.0909. The van der Waals surface area contributed by atoms with Gasteiger partial charge in [-0.15, -0.1) is 11.3 Å². The molecule has 0 spiro atoms. The predicted octanol–water partition coefficient (Wildman–Crippen LogP) is 2.33. The molecule has 2 aromatic rings. The van der Waals surface area contributed by atoms with Crippen molar-refractivity contribution in [3.8, 4) is 0 Å². The van der Waals surface area contributed by atoms with E-state index in [1.165, 1.54) is 40.5 Å². The minimum Gasteiger partial charge on any atom is -0.310 e. The van der Waals surface area contributed by atoms with Crippen LogP contribution in [0.25, 0.3) is 0 Å². The van der Waals surface area contributed by atoms with Crippen LogP contribution in [0.5, 0.6) is 0 Å². The Morgan fingerprint density at radius 3 is 2.56 bits per heavy atom. The number of carbonyl (C=O) groups excluding carboxylic acids is 1. The van der Waals surface area contributed by atoms with Crippen LogP contribution in [-0.2, 0) is 0 Å². The van der Waals surface area contributed by atoms with Crippen LogP contribution >= 0.6 is 11.3 Å². The normalized spacial score (nSPS) is 10.1. The second-order valence-electron chi connectivity index (χ2n) is 3.51. The van der Waals surface area contributed by atoms with Crippen LogP contribution in [0.4, 0.5) is 11.4 Å². The fourth-order valence-electron chi connectivity index (χ4n) is 1.41. The molecule has 6 nitrogen and oxygen atoms in total. The third-order valence-corrected chi connectivity index (χ3v) is 2.99. The Bertz CT molecular complexity index is 566. The van der Waals surface area contributed by atoms with Crippen LogP contribution in [0.15, 0.2) is 35.2 Å². The van der Waals surface area contributed by atoms with Crippen molar-refractivity contribution in [1.29, 1.82) is 0 Å². The first-order valence-corrected chi connectivity index (χ1v) is 5.94. The average Bonchev–Trinajstić information content (AvgIpc) is 2.91. The van der Waals surface area contributed by atoms with E-state index in [2.05, 4.69) is 4.98 Å². The second kappa shape index (κ2) is 4.92. The maximum absolute atomic E-state index is 12.0. The molecule has 0 aliphatic heterocycles. The van der Waals surface area contributed by atoms with Crippen LogP contribution in [0, 0.1) is 10.1 Å². The maximum Gasteiger partial charge on any atom is 0.277 e. The van der Waals surface area contributed by atoms with E-state index in [1.54, 1.807) is 17.9 Å². The van der Waals surface area contributed by atoms with E-state index < -0.39 is 4.92 Å². The van der Waals surface area contributed by atoms with Crippen molar-refractivity contribution < 1.29 is 9.72 Å². The third-order valence-electron chi connectivity index (χ3n) is 2.40. The molecular weight excluding hydrogens is 254 g/mol. The number of nitro groups is 1. The fourth-order valence-corrected chi connectivity index (χ4v) is 1.93. The third kappa shape index (κ3) is 2.35. The first-order chi connectivity index (χ1) is 8.59. The number of nitrogens with zero attached hydrogens (tertiary/aromatic N) is 3. The molecule has 0 aliphatic rings. The van der Waals surface area contributed by atoms with Gasteiger partial charge in [-0.3, -0.25) is 14.9 Å². The zero-order valence-electron chi connectivity index (χ0n) is 9.44. The molecule has 0 bridgehead atoms. The van der Waals surface area contributed by atoms with E-state index in [-0.39, 0.29) is 11.6 Å². The Balaban J connectivity index is 2.21. The smallest absolute Gasteiger partial charge is 0.277 e. The molecule has 0 aliphatic carbocycles. The Labute approximate surface area is 107 Å². The number of thiazole rings is 1. The molecule has 0 saturated carbocycles. The van der Waals surface area contributed by atoms with Gasteiger partial charge in [0, 0.05) is 30.2 Å². The van der Waals surface area contributed by atoms with Crippen LogP contribution < -0.4 is 4.90 Å². The number of carbonyl (C=O) groups is 1. The lowest BCUT2D eigenvalue weighted by Gasteiger charge is -2.15. The molecule has 2 rings (SSSR count). The van der Waals surface area contributed by atoms with Crippen molar-refractivity contribution in [2.45, 2.75) is 0 Å². The Kier molecular flexibility index (Phi) is 3.33. The summed E-state index contributed by atoms with van der Waals surface area (Å²) in [6.45, 7) is 0. The second-order valence-corrected chi connectivity index (χ2v) is 4.23. The zero-order chi connectivity index (χ0) is 13.1. The number of aromatic nitrogens is 1. The van der Waals surface area contributed by atoms with Gasteiger partial charge in [-0.1, -0.05) is 0 Å². The molecular formula is C11H9N3O3S. The summed E-state index contributed by atoms with van der Waals surface area (Å²) in [4.78, 5) is 27.3. The summed E-state index contributed by atoms with van der Waals surface area (Å²) in [5.41, 5.74) is 2.52. The Morgan fingerprint density at radius 2 is 2.06 bits per heavy atom. The minimum absolute atomic E-state index is 0.00624. The molecule has 7 heteroatoms. The van der Waals surface area contributed by atoms with Crippen molar-refractivity contribution in [1.82, 2.24) is 4.98 Å². The van der Waals surface area contributed by atoms with Gasteiger partial charge >= 0.3 is 0 Å². The highest BCUT2D eigenvalue weighted by molar-refractivity contribution is 7.07. The van der Waals surface area contributed by atoms with Crippen molar-refractivity contribution >= 4 is 28.6 Å². The molecule has 1 heterocycles. The van der Waals surface area contributed by atoms with E-state index in [0.29, 0.717) is 11.4 Å². The maximum atomic E-state index is 12.0. The highest BCUT2D eigenvalue weighted by Gasteiger charge is 2.16. The van der Waals surface area contributed by atoms with E-state index in [1.807, 2.05) is 0 Å². The molecule has 92 valence electrons. The molecule has 1 aromatic carbocycles. The number of hydrogen-bond acceptors (Lipinski definition) is 5. The van der Waals surface area contributed by atoms with Crippen LogP contribution in [0.3, 0.4) is 0 Å². The predicted molar refractivity (Wildman–Crippen MR) is 67.9 cm³/mol. The highest BCUT2D eigenvalue weighted by Crippen LogP contribution is 2.19. The molecule has 0 unspecified atom stereocenters. The molecule has 18 heavy (non-hydrogen) atoms. The van der Waals surface area contributed by atoms with Crippen LogP contribution in [0.2, 0.25) is 0 Å². The van der Waals surface area contributed by atoms with Crippen LogP contribution in [-0.4, -0.2) is 22.9 Å². The summed E-state index contributed by atoms with van der Waals surface area (Å²) in [6.07, 6.45) is 0. The Hall–Kier alpha value is -2.28. The lowest BCUT2D eigenvalue weighted by molar-refractivity contribution is -0.384. The van der Waals surface area contributed by atoms with Gasteiger partial charge in [-0.05, 0) is 12.1 Å². The molecule has 1 aromatic heterocycles. The molecule has 0 N–H and O–H groups in total. The summed E-state index contributed by atoms with van der Waals surface area (Å²) in [5, 5.41) is 12.2. The zero-order valence-corrected chi connectivity index (χ0v) is 10.3. The van der Waals surface area contributed by atoms with Gasteiger partial charge < -0.3 is 4.90 Å². The van der Waals surface area contributed by atoms with E-state index >= 15 is 0 Å². The quantitative estimate of drug-likeness (QED) is 0.629. The number of amides is 1. The Morgan fingerprint density at radius 1 is 1.39 bits per heavy atom. The van der Waals surface area contributed by atoms with Crippen molar-refractivity contribution in [3.63, 3.8) is 0 Å². The summed E-state index contributed by atoms with van der Waals surface area (Å²) < 4.78 is 0. The number of hydrogen-bond donors (Lipinski definition) is 0. The van der Waals surface area contributed by atoms with Gasteiger partial charge in [0.1, 0.15) is 5.69 Å². The van der Waals surface area contributed by atoms with Gasteiger partial charge in [-0.2, -0.15) is 0 Å². The average molecular weight is 263 g/mol. The molecule has 0 fully saturated rings. The first-order valence-electron chi connectivity index (χ1n) is 5.00. The SMILES string of the molecule is CN(C(=O)c1cscn1)c1ccc([N+](=O)[O-])cc1. The van der Waals surface area contributed by atoms with Gasteiger partial charge in [0.05, 0.1) is 10.4 Å². The van der Waals surface area contributed by atoms with E-state index in [9.17, 15) is 14.9 Å². The lowest BCUT2D eigenvalue weighted by atomic mass is 10.2. The van der Waals surface area contributed by atoms with Crippen molar-refractivity contribution in [2.24, 2.45) is 0 Å². The number of nitro benzene ring substituents is 1. The first kappa shape index (κ1) is 12.2. The van der Waals surface area contributed by atoms with Gasteiger partial charge in [0.2, 0.25) is 0 Å². The lowest BCUT2D eigenvalue weighted by Crippen LogP contribution is -2.26. The molecule has 0 saturated heterocycles. The monoisotopic (exact) mass is 263 g/mol.